The first-order valence-corrected chi connectivity index (χ1v) is 9.90. The number of rotatable bonds is 10. The van der Waals surface area contributed by atoms with Crippen LogP contribution < -0.4 is 10.1 Å². The van der Waals surface area contributed by atoms with E-state index in [4.69, 9.17) is 18.9 Å². The lowest BCUT2D eigenvalue weighted by molar-refractivity contribution is 0.0598. The van der Waals surface area contributed by atoms with Crippen LogP contribution in [0.3, 0.4) is 0 Å². The Bertz CT molecular complexity index is 905. The van der Waals surface area contributed by atoms with Gasteiger partial charge in [0, 0.05) is 23.4 Å². The fourth-order valence-electron chi connectivity index (χ4n) is 2.83. The van der Waals surface area contributed by atoms with Gasteiger partial charge in [-0.1, -0.05) is 6.92 Å². The Morgan fingerprint density at radius 3 is 2.06 bits per heavy atom. The lowest BCUT2D eigenvalue weighted by Crippen LogP contribution is -2.15. The number of methoxy groups -OCH3 is 2. The van der Waals surface area contributed by atoms with Crippen LogP contribution in [0, 0.1) is 0 Å². The Morgan fingerprint density at radius 2 is 1.52 bits per heavy atom. The Kier molecular flexibility index (Phi) is 9.02. The maximum absolute atomic E-state index is 12.8. The predicted molar refractivity (Wildman–Crippen MR) is 115 cm³/mol. The van der Waals surface area contributed by atoms with E-state index in [2.05, 4.69) is 5.32 Å². The average Bonchev–Trinajstić information content (AvgIpc) is 2.78. The summed E-state index contributed by atoms with van der Waals surface area (Å²) >= 11 is 0. The highest BCUT2D eigenvalue weighted by molar-refractivity contribution is 6.06. The number of esters is 2. The largest absolute Gasteiger partial charge is 0.494 e. The summed E-state index contributed by atoms with van der Waals surface area (Å²) < 4.78 is 20.7. The number of nitrogens with one attached hydrogen (secondary N) is 1. The number of benzene rings is 2. The van der Waals surface area contributed by atoms with Gasteiger partial charge in [-0.05, 0) is 49.7 Å². The van der Waals surface area contributed by atoms with Gasteiger partial charge in [-0.15, -0.1) is 0 Å². The summed E-state index contributed by atoms with van der Waals surface area (Å²) in [6.45, 7) is 5.29. The van der Waals surface area contributed by atoms with Crippen LogP contribution >= 0.6 is 0 Å². The molecule has 166 valence electrons. The summed E-state index contributed by atoms with van der Waals surface area (Å²) in [5.41, 5.74) is 1.61. The van der Waals surface area contributed by atoms with Crippen LogP contribution in [0.25, 0.3) is 0 Å². The molecule has 2 aromatic rings. The first-order chi connectivity index (χ1) is 14.9. The fraction of sp³-hybridized carbons (Fsp3) is 0.348. The maximum Gasteiger partial charge on any atom is 0.337 e. The van der Waals surface area contributed by atoms with Crippen LogP contribution in [0.4, 0.5) is 5.69 Å². The highest BCUT2D eigenvalue weighted by atomic mass is 16.5. The fourth-order valence-corrected chi connectivity index (χ4v) is 2.83. The van der Waals surface area contributed by atoms with Crippen molar-refractivity contribution in [2.24, 2.45) is 0 Å². The molecule has 1 N–H and O–H groups in total. The first kappa shape index (κ1) is 23.9. The van der Waals surface area contributed by atoms with Crippen molar-refractivity contribution >= 4 is 23.5 Å². The minimum atomic E-state index is -0.641. The third-order valence-electron chi connectivity index (χ3n) is 4.26. The number of carbonyl (C=O) groups excluding carboxylic acids is 3. The Labute approximate surface area is 181 Å². The van der Waals surface area contributed by atoms with Gasteiger partial charge in [0.25, 0.3) is 5.91 Å². The quantitative estimate of drug-likeness (QED) is 0.452. The average molecular weight is 429 g/mol. The second-order valence-corrected chi connectivity index (χ2v) is 6.54. The summed E-state index contributed by atoms with van der Waals surface area (Å²) in [7, 11) is 2.46. The smallest absolute Gasteiger partial charge is 0.337 e. The number of ether oxygens (including phenoxy) is 4. The zero-order valence-corrected chi connectivity index (χ0v) is 18.2. The zero-order chi connectivity index (χ0) is 22.8. The standard InChI is InChI=1S/C23H27NO7/c1-5-9-30-14-18-10-15(7-8-20(18)31-6-2)21(25)24-19-12-16(22(26)28-3)11-17(13-19)23(27)29-4/h7-8,10-13H,5-6,9,14H2,1-4H3,(H,24,25). The van der Waals surface area contributed by atoms with Gasteiger partial charge in [0.2, 0.25) is 0 Å². The van der Waals surface area contributed by atoms with Crippen molar-refractivity contribution in [3.63, 3.8) is 0 Å². The number of anilines is 1. The van der Waals surface area contributed by atoms with Gasteiger partial charge in [0.1, 0.15) is 5.75 Å². The lowest BCUT2D eigenvalue weighted by Gasteiger charge is -2.13. The van der Waals surface area contributed by atoms with E-state index in [0.717, 1.165) is 12.0 Å². The van der Waals surface area contributed by atoms with Crippen molar-refractivity contribution in [3.8, 4) is 5.75 Å². The minimum Gasteiger partial charge on any atom is -0.494 e. The van der Waals surface area contributed by atoms with Gasteiger partial charge >= 0.3 is 11.9 Å². The third kappa shape index (κ3) is 6.55. The van der Waals surface area contributed by atoms with Crippen molar-refractivity contribution in [2.75, 3.05) is 32.8 Å². The van der Waals surface area contributed by atoms with Crippen LogP contribution in [0.1, 0.15) is 56.9 Å². The molecule has 2 aromatic carbocycles. The topological polar surface area (TPSA) is 100 Å². The number of amides is 1. The Balaban J connectivity index is 2.32. The second kappa shape index (κ2) is 11.7. The third-order valence-corrected chi connectivity index (χ3v) is 4.26. The molecule has 2 rings (SSSR count). The molecule has 0 radical (unpaired) electrons. The monoisotopic (exact) mass is 429 g/mol. The van der Waals surface area contributed by atoms with Gasteiger partial charge in [-0.2, -0.15) is 0 Å². The van der Waals surface area contributed by atoms with Gasteiger partial charge in [-0.3, -0.25) is 4.79 Å². The summed E-state index contributed by atoms with van der Waals surface area (Å²) in [4.78, 5) is 36.7. The van der Waals surface area contributed by atoms with Crippen molar-refractivity contribution in [1.82, 2.24) is 0 Å². The number of hydrogen-bond donors (Lipinski definition) is 1. The van der Waals surface area contributed by atoms with Gasteiger partial charge in [0.15, 0.2) is 0 Å². The molecule has 0 aliphatic carbocycles. The molecule has 0 bridgehead atoms. The molecule has 0 spiro atoms. The van der Waals surface area contributed by atoms with E-state index in [1.807, 2.05) is 13.8 Å². The minimum absolute atomic E-state index is 0.112. The lowest BCUT2D eigenvalue weighted by atomic mass is 10.1. The normalized spacial score (nSPS) is 10.3. The Hall–Kier alpha value is -3.39. The molecule has 31 heavy (non-hydrogen) atoms. The van der Waals surface area contributed by atoms with Gasteiger partial charge in [0.05, 0.1) is 38.6 Å². The van der Waals surface area contributed by atoms with E-state index in [1.54, 1.807) is 18.2 Å². The summed E-state index contributed by atoms with van der Waals surface area (Å²) in [6, 6.07) is 9.24. The van der Waals surface area contributed by atoms with Crippen LogP contribution in [0.15, 0.2) is 36.4 Å². The molecule has 0 aromatic heterocycles. The summed E-state index contributed by atoms with van der Waals surface area (Å²) in [6.07, 6.45) is 0.878. The second-order valence-electron chi connectivity index (χ2n) is 6.54. The molecule has 0 unspecified atom stereocenters. The van der Waals surface area contributed by atoms with Crippen molar-refractivity contribution in [2.45, 2.75) is 26.9 Å². The van der Waals surface area contributed by atoms with E-state index in [9.17, 15) is 14.4 Å². The number of carbonyl (C=O) groups is 3. The summed E-state index contributed by atoms with van der Waals surface area (Å²) in [5, 5.41) is 2.71. The molecule has 8 nitrogen and oxygen atoms in total. The van der Waals surface area contributed by atoms with Crippen molar-refractivity contribution in [3.05, 3.63) is 58.7 Å². The predicted octanol–water partition coefficient (Wildman–Crippen LogP) is 3.84. The summed E-state index contributed by atoms with van der Waals surface area (Å²) in [5.74, 6) is -1.05. The van der Waals surface area contributed by atoms with Crippen molar-refractivity contribution < 1.29 is 33.3 Å². The van der Waals surface area contributed by atoms with E-state index in [-0.39, 0.29) is 16.8 Å². The van der Waals surface area contributed by atoms with Crippen molar-refractivity contribution in [1.29, 1.82) is 0 Å². The van der Waals surface area contributed by atoms with Crippen LogP contribution in [-0.2, 0) is 20.8 Å². The molecule has 0 heterocycles. The molecule has 0 saturated heterocycles. The molecule has 8 heteroatoms. The van der Waals surface area contributed by atoms with E-state index < -0.39 is 17.8 Å². The van der Waals surface area contributed by atoms with E-state index in [0.29, 0.717) is 31.1 Å². The van der Waals surface area contributed by atoms with Crippen LogP contribution in [-0.4, -0.2) is 45.3 Å². The van der Waals surface area contributed by atoms with Gasteiger partial charge < -0.3 is 24.3 Å². The molecular formula is C23H27NO7. The van der Waals surface area contributed by atoms with Crippen LogP contribution in [0.2, 0.25) is 0 Å². The molecule has 0 aliphatic heterocycles. The molecule has 0 aliphatic rings. The number of hydrogen-bond acceptors (Lipinski definition) is 7. The SMILES string of the molecule is CCCOCc1cc(C(=O)Nc2cc(C(=O)OC)cc(C(=O)OC)c2)ccc1OCC. The Morgan fingerprint density at radius 1 is 0.871 bits per heavy atom. The molecule has 0 fully saturated rings. The first-order valence-electron chi connectivity index (χ1n) is 9.90. The molecule has 1 amide bonds. The van der Waals surface area contributed by atoms with Gasteiger partial charge in [-0.25, -0.2) is 9.59 Å². The van der Waals surface area contributed by atoms with E-state index >= 15 is 0 Å². The maximum atomic E-state index is 12.8. The molecule has 0 atom stereocenters. The highest BCUT2D eigenvalue weighted by Gasteiger charge is 2.16. The molecular weight excluding hydrogens is 402 g/mol. The highest BCUT2D eigenvalue weighted by Crippen LogP contribution is 2.23. The van der Waals surface area contributed by atoms with E-state index in [1.165, 1.54) is 32.4 Å². The van der Waals surface area contributed by atoms with Crippen LogP contribution in [0.5, 0.6) is 5.75 Å². The zero-order valence-electron chi connectivity index (χ0n) is 18.2. The molecule has 0 saturated carbocycles.